The molecule has 0 saturated heterocycles. The second-order valence-corrected chi connectivity index (χ2v) is 8.24. The maximum Gasteiger partial charge on any atom is 0.207 e. The highest BCUT2D eigenvalue weighted by atomic mass is 35.5. The fraction of sp³-hybridized carbons (Fsp3) is 0.316. The number of carbonyl (C=O) groups excluding carboxylic acids is 1. The molecule has 0 atom stereocenters. The molecule has 2 aromatic carbocycles. The third kappa shape index (κ3) is 10.2. The monoisotopic (exact) mass is 365 g/mol. The first-order valence-corrected chi connectivity index (χ1v) is 8.89. The van der Waals surface area contributed by atoms with E-state index in [1.165, 1.54) is 4.90 Å². The van der Waals surface area contributed by atoms with Gasteiger partial charge in [-0.2, -0.15) is 0 Å². The van der Waals surface area contributed by atoms with Crippen molar-refractivity contribution in [2.45, 2.75) is 30.4 Å². The number of amides is 1. The van der Waals surface area contributed by atoms with Gasteiger partial charge >= 0.3 is 0 Å². The number of carbonyl (C=O) groups is 1. The molecule has 5 heteroatoms. The lowest BCUT2D eigenvalue weighted by Crippen LogP contribution is -2.18. The number of nitrogens with one attached hydrogen (secondary N) is 1. The van der Waals surface area contributed by atoms with Crippen molar-refractivity contribution >= 4 is 29.8 Å². The van der Waals surface area contributed by atoms with Crippen LogP contribution in [0.2, 0.25) is 5.02 Å². The Morgan fingerprint density at radius 2 is 1.71 bits per heavy atom. The van der Waals surface area contributed by atoms with Crippen molar-refractivity contribution in [1.29, 1.82) is 0 Å². The van der Waals surface area contributed by atoms with E-state index in [-0.39, 0.29) is 4.75 Å². The SMILES string of the molecule is CC(C)(C)Sc1ccc(Cl)cc1.O=CNCCOc1ccccc1. The Labute approximate surface area is 153 Å². The summed E-state index contributed by atoms with van der Waals surface area (Å²) >= 11 is 7.62. The van der Waals surface area contributed by atoms with E-state index in [1.807, 2.05) is 54.2 Å². The quantitative estimate of drug-likeness (QED) is 0.442. The van der Waals surface area contributed by atoms with Crippen LogP contribution in [0.3, 0.4) is 0 Å². The molecule has 24 heavy (non-hydrogen) atoms. The molecule has 130 valence electrons. The van der Waals surface area contributed by atoms with Crippen molar-refractivity contribution < 1.29 is 9.53 Å². The lowest BCUT2D eigenvalue weighted by Gasteiger charge is -2.17. The van der Waals surface area contributed by atoms with Crippen LogP contribution in [0, 0.1) is 0 Å². The molecule has 0 aliphatic rings. The Bertz CT molecular complexity index is 583. The minimum atomic E-state index is 0.272. The van der Waals surface area contributed by atoms with Crippen LogP contribution in [0.25, 0.3) is 0 Å². The third-order valence-corrected chi connectivity index (χ3v) is 3.95. The third-order valence-electron chi connectivity index (χ3n) is 2.58. The molecule has 1 N–H and O–H groups in total. The summed E-state index contributed by atoms with van der Waals surface area (Å²) in [6.07, 6.45) is 0.661. The summed E-state index contributed by atoms with van der Waals surface area (Å²) in [6.45, 7) is 7.64. The van der Waals surface area contributed by atoms with Crippen molar-refractivity contribution in [1.82, 2.24) is 5.32 Å². The molecule has 2 aromatic rings. The molecule has 3 nitrogen and oxygen atoms in total. The van der Waals surface area contributed by atoms with Crippen LogP contribution < -0.4 is 10.1 Å². The molecule has 0 saturated carbocycles. The number of ether oxygens (including phenoxy) is 1. The number of benzene rings is 2. The Hall–Kier alpha value is -1.65. The van der Waals surface area contributed by atoms with Gasteiger partial charge in [-0.3, -0.25) is 4.79 Å². The molecule has 0 radical (unpaired) electrons. The van der Waals surface area contributed by atoms with Crippen molar-refractivity contribution in [2.75, 3.05) is 13.2 Å². The second-order valence-electron chi connectivity index (χ2n) is 5.90. The predicted octanol–water partition coefficient (Wildman–Crippen LogP) is 5.04. The van der Waals surface area contributed by atoms with Gasteiger partial charge in [0.1, 0.15) is 12.4 Å². The van der Waals surface area contributed by atoms with Crippen molar-refractivity contribution in [3.8, 4) is 5.75 Å². The summed E-state index contributed by atoms with van der Waals surface area (Å²) in [6, 6.07) is 17.4. The van der Waals surface area contributed by atoms with Crippen LogP contribution in [-0.2, 0) is 4.79 Å². The van der Waals surface area contributed by atoms with Gasteiger partial charge in [0.05, 0.1) is 6.54 Å². The first kappa shape index (κ1) is 20.4. The lowest BCUT2D eigenvalue weighted by molar-refractivity contribution is -0.109. The molecule has 0 spiro atoms. The van der Waals surface area contributed by atoms with Gasteiger partial charge in [0.25, 0.3) is 0 Å². The van der Waals surface area contributed by atoms with E-state index < -0.39 is 0 Å². The Balaban J connectivity index is 0.000000240. The van der Waals surface area contributed by atoms with Crippen LogP contribution in [-0.4, -0.2) is 24.3 Å². The lowest BCUT2D eigenvalue weighted by atomic mass is 10.3. The number of para-hydroxylation sites is 1. The molecular formula is C19H24ClNO2S. The Morgan fingerprint density at radius 3 is 2.25 bits per heavy atom. The van der Waals surface area contributed by atoms with E-state index in [9.17, 15) is 4.79 Å². The maximum absolute atomic E-state index is 9.85. The fourth-order valence-electron chi connectivity index (χ4n) is 1.66. The first-order chi connectivity index (χ1) is 11.4. The van der Waals surface area contributed by atoms with Gasteiger partial charge < -0.3 is 10.1 Å². The molecule has 0 fully saturated rings. The number of thioether (sulfide) groups is 1. The van der Waals surface area contributed by atoms with Crippen LogP contribution in [0.1, 0.15) is 20.8 Å². The smallest absolute Gasteiger partial charge is 0.207 e. The number of hydrogen-bond donors (Lipinski definition) is 1. The minimum Gasteiger partial charge on any atom is -0.492 e. The molecule has 0 bridgehead atoms. The van der Waals surface area contributed by atoms with Crippen molar-refractivity contribution in [3.05, 3.63) is 59.6 Å². The molecule has 0 heterocycles. The van der Waals surface area contributed by atoms with Gasteiger partial charge in [-0.05, 0) is 36.4 Å². The molecular weight excluding hydrogens is 342 g/mol. The van der Waals surface area contributed by atoms with Gasteiger partial charge in [-0.1, -0.05) is 50.6 Å². The molecule has 0 aromatic heterocycles. The number of halogens is 1. The largest absolute Gasteiger partial charge is 0.492 e. The van der Waals surface area contributed by atoms with E-state index >= 15 is 0 Å². The summed E-state index contributed by atoms with van der Waals surface area (Å²) in [4.78, 5) is 11.1. The van der Waals surface area contributed by atoms with Crippen molar-refractivity contribution in [2.24, 2.45) is 0 Å². The Kier molecular flexibility index (Phi) is 9.35. The summed E-state index contributed by atoms with van der Waals surface area (Å²) in [5.74, 6) is 0.824. The van der Waals surface area contributed by atoms with E-state index in [0.29, 0.717) is 19.6 Å². The highest BCUT2D eigenvalue weighted by molar-refractivity contribution is 8.00. The standard InChI is InChI=1S/C10H13ClS.C9H11NO2/c1-10(2,3)12-9-6-4-8(11)5-7-9;11-8-10-6-7-12-9-4-2-1-3-5-9/h4-7H,1-3H3;1-5,8H,6-7H2,(H,10,11). The van der Waals surface area contributed by atoms with Crippen molar-refractivity contribution in [3.63, 3.8) is 0 Å². The molecule has 2 rings (SSSR count). The zero-order valence-corrected chi connectivity index (χ0v) is 15.9. The average molecular weight is 366 g/mol. The summed E-state index contributed by atoms with van der Waals surface area (Å²) in [5, 5.41) is 3.31. The summed E-state index contributed by atoms with van der Waals surface area (Å²) in [5.41, 5.74) is 0. The van der Waals surface area contributed by atoms with Crippen LogP contribution >= 0.6 is 23.4 Å². The van der Waals surface area contributed by atoms with E-state index in [1.54, 1.807) is 0 Å². The average Bonchev–Trinajstić information content (AvgIpc) is 2.54. The first-order valence-electron chi connectivity index (χ1n) is 7.70. The zero-order valence-electron chi connectivity index (χ0n) is 14.3. The highest BCUT2D eigenvalue weighted by Gasteiger charge is 2.11. The topological polar surface area (TPSA) is 38.3 Å². The number of rotatable bonds is 6. The zero-order chi connectivity index (χ0) is 17.8. The van der Waals surface area contributed by atoms with E-state index in [4.69, 9.17) is 16.3 Å². The Morgan fingerprint density at radius 1 is 1.08 bits per heavy atom. The minimum absolute atomic E-state index is 0.272. The van der Waals surface area contributed by atoms with Crippen LogP contribution in [0.5, 0.6) is 5.75 Å². The second kappa shape index (κ2) is 11.0. The summed E-state index contributed by atoms with van der Waals surface area (Å²) < 4.78 is 5.56. The molecule has 0 aliphatic heterocycles. The van der Waals surface area contributed by atoms with Gasteiger partial charge in [0, 0.05) is 14.7 Å². The van der Waals surface area contributed by atoms with Gasteiger partial charge in [0.15, 0.2) is 0 Å². The fourth-order valence-corrected chi connectivity index (χ4v) is 2.76. The molecule has 1 amide bonds. The van der Waals surface area contributed by atoms with Gasteiger partial charge in [-0.15, -0.1) is 11.8 Å². The maximum atomic E-state index is 9.85. The van der Waals surface area contributed by atoms with Crippen LogP contribution in [0.4, 0.5) is 0 Å². The molecule has 0 aliphatic carbocycles. The normalized spacial score (nSPS) is 10.3. The van der Waals surface area contributed by atoms with E-state index in [2.05, 4.69) is 38.2 Å². The van der Waals surface area contributed by atoms with E-state index in [0.717, 1.165) is 10.8 Å². The van der Waals surface area contributed by atoms with Gasteiger partial charge in [-0.25, -0.2) is 0 Å². The highest BCUT2D eigenvalue weighted by Crippen LogP contribution is 2.32. The summed E-state index contributed by atoms with van der Waals surface area (Å²) in [7, 11) is 0. The van der Waals surface area contributed by atoms with Gasteiger partial charge in [0.2, 0.25) is 6.41 Å². The predicted molar refractivity (Wildman–Crippen MR) is 103 cm³/mol. The van der Waals surface area contributed by atoms with Crippen LogP contribution in [0.15, 0.2) is 59.5 Å². The number of hydrogen-bond acceptors (Lipinski definition) is 3. The molecule has 0 unspecified atom stereocenters.